The van der Waals surface area contributed by atoms with E-state index in [1.165, 1.54) is 0 Å². The molecule has 0 saturated carbocycles. The first-order valence-corrected chi connectivity index (χ1v) is 17.1. The van der Waals surface area contributed by atoms with Crippen molar-refractivity contribution in [3.63, 3.8) is 0 Å². The van der Waals surface area contributed by atoms with Crippen LogP contribution >= 0.6 is 0 Å². The monoisotopic (exact) mass is 665 g/mol. The van der Waals surface area contributed by atoms with Crippen molar-refractivity contribution in [2.45, 2.75) is 91.1 Å². The molecule has 8 nitrogen and oxygen atoms in total. The lowest BCUT2D eigenvalue weighted by atomic mass is 9.91. The van der Waals surface area contributed by atoms with Gasteiger partial charge in [0.1, 0.15) is 5.75 Å². The number of aliphatic carboxylic acids is 1. The summed E-state index contributed by atoms with van der Waals surface area (Å²) >= 11 is 0. The van der Waals surface area contributed by atoms with Crippen LogP contribution in [0.4, 0.5) is 5.69 Å². The number of carboxylic acids is 1. The minimum Gasteiger partial charge on any atom is -0.490 e. The molecule has 0 spiro atoms. The van der Waals surface area contributed by atoms with E-state index in [1.54, 1.807) is 6.08 Å². The number of piperidine rings is 1. The van der Waals surface area contributed by atoms with Crippen LogP contribution in [0.2, 0.25) is 0 Å². The third kappa shape index (κ3) is 8.26. The largest absolute Gasteiger partial charge is 0.490 e. The molecule has 0 radical (unpaired) electrons. The summed E-state index contributed by atoms with van der Waals surface area (Å²) in [7, 11) is 0. The van der Waals surface area contributed by atoms with Crippen molar-refractivity contribution >= 4 is 17.2 Å². The van der Waals surface area contributed by atoms with Gasteiger partial charge in [0.05, 0.1) is 40.8 Å². The van der Waals surface area contributed by atoms with Crippen LogP contribution in [0.25, 0.3) is 27.9 Å². The van der Waals surface area contributed by atoms with E-state index >= 15 is 0 Å². The standard InChI is InChI=1S/C41H51N3O5/c1-10-13-29(5)48-35-17-16-27(3)23-32(35)30-14-12-15-31(24-30)33-25-34-37(43-20-18-41(9,19-21-43)47-22-11-2)36(28(4)26-44(34)42-33)38(39(45)46)49-40(6,7)8/h10-12,14-17,23-26,29,38H,1-2,13,18-22H2,3-9H3,(H,45,46)/t29-,38?/m0/s1. The van der Waals surface area contributed by atoms with E-state index in [0.29, 0.717) is 25.3 Å². The maximum atomic E-state index is 12.9. The average Bonchev–Trinajstić information content (AvgIpc) is 3.47. The second-order valence-corrected chi connectivity index (χ2v) is 14.5. The van der Waals surface area contributed by atoms with Gasteiger partial charge in [-0.3, -0.25) is 0 Å². The summed E-state index contributed by atoms with van der Waals surface area (Å²) in [4.78, 5) is 15.1. The van der Waals surface area contributed by atoms with Crippen molar-refractivity contribution in [2.75, 3.05) is 24.6 Å². The van der Waals surface area contributed by atoms with Gasteiger partial charge in [0, 0.05) is 42.4 Å². The average molecular weight is 666 g/mol. The minimum atomic E-state index is -1.16. The van der Waals surface area contributed by atoms with Crippen LogP contribution in [0.15, 0.2) is 80.0 Å². The Labute approximate surface area is 291 Å². The van der Waals surface area contributed by atoms with Crippen LogP contribution in [-0.4, -0.2) is 57.7 Å². The third-order valence-electron chi connectivity index (χ3n) is 9.05. The molecule has 0 bridgehead atoms. The Hall–Kier alpha value is -4.40. The van der Waals surface area contributed by atoms with Gasteiger partial charge in [-0.15, -0.1) is 13.2 Å². The molecule has 1 saturated heterocycles. The van der Waals surface area contributed by atoms with E-state index in [-0.39, 0.29) is 11.7 Å². The predicted octanol–water partition coefficient (Wildman–Crippen LogP) is 9.13. The van der Waals surface area contributed by atoms with Crippen molar-refractivity contribution in [3.05, 3.63) is 96.7 Å². The normalized spacial score (nSPS) is 15.9. The van der Waals surface area contributed by atoms with Gasteiger partial charge in [-0.25, -0.2) is 9.31 Å². The molecular formula is C41H51N3O5. The zero-order valence-corrected chi connectivity index (χ0v) is 30.1. The number of fused-ring (bicyclic) bond motifs is 1. The van der Waals surface area contributed by atoms with Gasteiger partial charge < -0.3 is 24.2 Å². The molecule has 3 heterocycles. The Balaban J connectivity index is 1.63. The molecule has 0 aliphatic carbocycles. The van der Waals surface area contributed by atoms with Crippen LogP contribution in [0.3, 0.4) is 0 Å². The molecule has 49 heavy (non-hydrogen) atoms. The van der Waals surface area contributed by atoms with E-state index in [4.69, 9.17) is 19.3 Å². The molecule has 2 aromatic heterocycles. The minimum absolute atomic E-state index is 0.00507. The summed E-state index contributed by atoms with van der Waals surface area (Å²) in [5, 5.41) is 15.6. The number of pyridine rings is 1. The summed E-state index contributed by atoms with van der Waals surface area (Å²) in [5.41, 5.74) is 7.07. The fourth-order valence-corrected chi connectivity index (χ4v) is 6.56. The van der Waals surface area contributed by atoms with Crippen LogP contribution in [0.1, 0.15) is 76.7 Å². The summed E-state index contributed by atoms with van der Waals surface area (Å²) in [6.07, 6.45) is 6.72. The molecule has 8 heteroatoms. The molecule has 1 unspecified atom stereocenters. The number of anilines is 1. The number of aromatic nitrogens is 2. The molecule has 1 fully saturated rings. The Morgan fingerprint density at radius 3 is 2.43 bits per heavy atom. The molecular weight excluding hydrogens is 614 g/mol. The van der Waals surface area contributed by atoms with E-state index in [0.717, 1.165) is 69.7 Å². The lowest BCUT2D eigenvalue weighted by Crippen LogP contribution is -2.45. The van der Waals surface area contributed by atoms with E-state index in [1.807, 2.05) is 63.5 Å². The molecule has 2 atom stereocenters. The van der Waals surface area contributed by atoms with Gasteiger partial charge in [0.2, 0.25) is 0 Å². The number of benzene rings is 2. The molecule has 1 N–H and O–H groups in total. The molecule has 5 rings (SSSR count). The summed E-state index contributed by atoms with van der Waals surface area (Å²) in [6.45, 7) is 23.4. The molecule has 0 amide bonds. The van der Waals surface area contributed by atoms with Crippen LogP contribution < -0.4 is 9.64 Å². The van der Waals surface area contributed by atoms with E-state index in [2.05, 4.69) is 68.3 Å². The van der Waals surface area contributed by atoms with E-state index in [9.17, 15) is 9.90 Å². The molecule has 260 valence electrons. The van der Waals surface area contributed by atoms with Crippen LogP contribution in [0.5, 0.6) is 5.75 Å². The van der Waals surface area contributed by atoms with Gasteiger partial charge in [0.25, 0.3) is 0 Å². The number of carbonyl (C=O) groups is 1. The second-order valence-electron chi connectivity index (χ2n) is 14.5. The lowest BCUT2D eigenvalue weighted by molar-refractivity contribution is -0.160. The molecule has 2 aromatic carbocycles. The maximum Gasteiger partial charge on any atom is 0.337 e. The topological polar surface area (TPSA) is 85.5 Å². The smallest absolute Gasteiger partial charge is 0.337 e. The van der Waals surface area contributed by atoms with Crippen molar-refractivity contribution < 1.29 is 24.1 Å². The number of hydrogen-bond acceptors (Lipinski definition) is 6. The van der Waals surface area contributed by atoms with E-state index < -0.39 is 17.7 Å². The Morgan fingerprint density at radius 2 is 1.78 bits per heavy atom. The molecule has 4 aromatic rings. The lowest BCUT2D eigenvalue weighted by Gasteiger charge is -2.41. The third-order valence-corrected chi connectivity index (χ3v) is 9.05. The zero-order chi connectivity index (χ0) is 35.5. The van der Waals surface area contributed by atoms with Crippen LogP contribution in [0, 0.1) is 13.8 Å². The maximum absolute atomic E-state index is 12.9. The summed E-state index contributed by atoms with van der Waals surface area (Å²) in [5.74, 6) is -0.201. The van der Waals surface area contributed by atoms with Gasteiger partial charge >= 0.3 is 5.97 Å². The van der Waals surface area contributed by atoms with Crippen LogP contribution in [-0.2, 0) is 14.3 Å². The first-order valence-electron chi connectivity index (χ1n) is 17.1. The molecule has 1 aliphatic heterocycles. The fraction of sp³-hybridized carbons (Fsp3) is 0.415. The number of hydrogen-bond donors (Lipinski definition) is 1. The zero-order valence-electron chi connectivity index (χ0n) is 30.1. The van der Waals surface area contributed by atoms with Gasteiger partial charge in [0.15, 0.2) is 6.10 Å². The Bertz CT molecular complexity index is 1830. The number of carboxylic acid groups (broad SMARTS) is 1. The summed E-state index contributed by atoms with van der Waals surface area (Å²) in [6, 6.07) is 16.6. The number of aryl methyl sites for hydroxylation is 2. The second kappa shape index (κ2) is 14.6. The highest BCUT2D eigenvalue weighted by Crippen LogP contribution is 2.42. The number of rotatable bonds is 13. The highest BCUT2D eigenvalue weighted by molar-refractivity contribution is 5.87. The fourth-order valence-electron chi connectivity index (χ4n) is 6.56. The Kier molecular flexibility index (Phi) is 10.7. The molecule has 1 aliphatic rings. The Morgan fingerprint density at radius 1 is 1.06 bits per heavy atom. The van der Waals surface area contributed by atoms with Crippen molar-refractivity contribution in [1.29, 1.82) is 0 Å². The first-order chi connectivity index (χ1) is 23.2. The van der Waals surface area contributed by atoms with Crippen molar-refractivity contribution in [3.8, 4) is 28.1 Å². The van der Waals surface area contributed by atoms with Gasteiger partial charge in [-0.1, -0.05) is 42.0 Å². The highest BCUT2D eigenvalue weighted by Gasteiger charge is 2.37. The SMILES string of the molecule is C=CCOC1(C)CCN(c2c(C(OC(C)(C)C)C(=O)O)c(C)cn3nc(-c4cccc(-c5cc(C)ccc5O[C@@H](C)CC=C)c4)cc23)CC1. The van der Waals surface area contributed by atoms with Crippen molar-refractivity contribution in [1.82, 2.24) is 9.61 Å². The number of ether oxygens (including phenoxy) is 3. The first kappa shape index (κ1) is 35.9. The van der Waals surface area contributed by atoms with Gasteiger partial charge in [-0.05, 0) is 96.7 Å². The summed E-state index contributed by atoms with van der Waals surface area (Å²) < 4.78 is 20.6. The quantitative estimate of drug-likeness (QED) is 0.143. The van der Waals surface area contributed by atoms with Crippen molar-refractivity contribution in [2.24, 2.45) is 0 Å². The van der Waals surface area contributed by atoms with Gasteiger partial charge in [-0.2, -0.15) is 5.10 Å². The highest BCUT2D eigenvalue weighted by atomic mass is 16.5. The number of nitrogens with zero attached hydrogens (tertiary/aromatic N) is 3. The predicted molar refractivity (Wildman–Crippen MR) is 198 cm³/mol.